The third kappa shape index (κ3) is 5.43. The van der Waals surface area contributed by atoms with Gasteiger partial charge in [-0.3, -0.25) is 4.79 Å². The summed E-state index contributed by atoms with van der Waals surface area (Å²) < 4.78 is 7.33. The molecular formula is C26H30N2O3. The molecular weight excluding hydrogens is 388 g/mol. The van der Waals surface area contributed by atoms with Gasteiger partial charge in [0.25, 0.3) is 0 Å². The van der Waals surface area contributed by atoms with Gasteiger partial charge in [-0.25, -0.2) is 4.79 Å². The highest BCUT2D eigenvalue weighted by atomic mass is 16.5. The van der Waals surface area contributed by atoms with E-state index in [9.17, 15) is 9.59 Å². The highest BCUT2D eigenvalue weighted by molar-refractivity contribution is 5.93. The van der Waals surface area contributed by atoms with Gasteiger partial charge in [-0.1, -0.05) is 48.0 Å². The Labute approximate surface area is 184 Å². The number of amides is 1. The van der Waals surface area contributed by atoms with Gasteiger partial charge in [-0.15, -0.1) is 0 Å². The van der Waals surface area contributed by atoms with E-state index in [0.717, 1.165) is 28.2 Å². The summed E-state index contributed by atoms with van der Waals surface area (Å²) in [6, 6.07) is 17.8. The van der Waals surface area contributed by atoms with Crippen LogP contribution in [0, 0.1) is 20.8 Å². The van der Waals surface area contributed by atoms with Crippen LogP contribution in [-0.4, -0.2) is 23.1 Å². The molecule has 5 heteroatoms. The number of esters is 1. The first kappa shape index (κ1) is 22.3. The van der Waals surface area contributed by atoms with Gasteiger partial charge in [-0.2, -0.15) is 0 Å². The van der Waals surface area contributed by atoms with E-state index in [1.807, 2.05) is 69.3 Å². The van der Waals surface area contributed by atoms with Crippen molar-refractivity contribution in [3.63, 3.8) is 0 Å². The second-order valence-corrected chi connectivity index (χ2v) is 7.74. The van der Waals surface area contributed by atoms with Crippen LogP contribution in [0.1, 0.15) is 46.9 Å². The van der Waals surface area contributed by atoms with Gasteiger partial charge in [0.05, 0.1) is 12.2 Å². The Balaban J connectivity index is 1.74. The van der Waals surface area contributed by atoms with Crippen LogP contribution in [0.3, 0.4) is 0 Å². The van der Waals surface area contributed by atoms with E-state index in [-0.39, 0.29) is 11.9 Å². The molecule has 1 amide bonds. The molecule has 3 aromatic rings. The van der Waals surface area contributed by atoms with Gasteiger partial charge in [0.15, 0.2) is 0 Å². The van der Waals surface area contributed by atoms with Gasteiger partial charge < -0.3 is 14.6 Å². The Bertz CT molecular complexity index is 1070. The lowest BCUT2D eigenvalue weighted by molar-refractivity contribution is -0.116. The molecule has 3 rings (SSSR count). The maximum absolute atomic E-state index is 12.5. The van der Waals surface area contributed by atoms with Crippen molar-refractivity contribution >= 4 is 17.6 Å². The standard InChI is InChI=1S/C26H30N2O3/c1-5-31-26(30)22-17-24(21-10-7-6-8-11-21)28(20(22)4)15-9-12-25(29)27-23-14-13-18(2)16-19(23)3/h6-8,10-11,13-14,16-17H,5,9,12,15H2,1-4H3,(H,27,29). The van der Waals surface area contributed by atoms with Gasteiger partial charge in [0.2, 0.25) is 5.91 Å². The molecule has 0 unspecified atom stereocenters. The molecule has 1 heterocycles. The van der Waals surface area contributed by atoms with E-state index in [1.165, 1.54) is 5.56 Å². The summed E-state index contributed by atoms with van der Waals surface area (Å²) in [4.78, 5) is 24.9. The van der Waals surface area contributed by atoms with Crippen LogP contribution in [0.25, 0.3) is 11.3 Å². The normalized spacial score (nSPS) is 10.7. The second-order valence-electron chi connectivity index (χ2n) is 7.74. The van der Waals surface area contributed by atoms with E-state index < -0.39 is 0 Å². The van der Waals surface area contributed by atoms with Crippen molar-refractivity contribution in [1.29, 1.82) is 0 Å². The summed E-state index contributed by atoms with van der Waals surface area (Å²) in [7, 11) is 0. The molecule has 1 aromatic heterocycles. The number of nitrogens with zero attached hydrogens (tertiary/aromatic N) is 1. The fraction of sp³-hybridized carbons (Fsp3) is 0.308. The largest absolute Gasteiger partial charge is 0.462 e. The van der Waals surface area contributed by atoms with Gasteiger partial charge >= 0.3 is 5.97 Å². The smallest absolute Gasteiger partial charge is 0.339 e. The van der Waals surface area contributed by atoms with Gasteiger partial charge in [-0.05, 0) is 57.4 Å². The molecule has 0 saturated heterocycles. The summed E-state index contributed by atoms with van der Waals surface area (Å²) >= 11 is 0. The number of carbonyl (C=O) groups is 2. The van der Waals surface area contributed by atoms with Crippen molar-refractivity contribution in [3.05, 3.63) is 77.0 Å². The minimum atomic E-state index is -0.316. The molecule has 31 heavy (non-hydrogen) atoms. The average Bonchev–Trinajstić information content (AvgIpc) is 3.07. The Hall–Kier alpha value is -3.34. The molecule has 0 fully saturated rings. The molecule has 0 radical (unpaired) electrons. The summed E-state index contributed by atoms with van der Waals surface area (Å²) in [6.45, 7) is 8.73. The first-order valence-electron chi connectivity index (χ1n) is 10.7. The van der Waals surface area contributed by atoms with Crippen LogP contribution in [0.5, 0.6) is 0 Å². The number of hydrogen-bond donors (Lipinski definition) is 1. The molecule has 1 N–H and O–H groups in total. The van der Waals surface area contributed by atoms with Crippen molar-refractivity contribution in [2.24, 2.45) is 0 Å². The predicted molar refractivity (Wildman–Crippen MR) is 124 cm³/mol. The minimum absolute atomic E-state index is 0.0105. The lowest BCUT2D eigenvalue weighted by Gasteiger charge is -2.13. The number of rotatable bonds is 8. The van der Waals surface area contributed by atoms with Crippen molar-refractivity contribution < 1.29 is 14.3 Å². The summed E-state index contributed by atoms with van der Waals surface area (Å²) in [5.41, 5.74) is 6.48. The first-order valence-corrected chi connectivity index (χ1v) is 10.7. The zero-order valence-corrected chi connectivity index (χ0v) is 18.7. The van der Waals surface area contributed by atoms with Crippen LogP contribution < -0.4 is 5.32 Å². The molecule has 0 aliphatic carbocycles. The van der Waals surface area contributed by atoms with Gasteiger partial charge in [0, 0.05) is 30.0 Å². The van der Waals surface area contributed by atoms with Crippen LogP contribution in [-0.2, 0) is 16.1 Å². The van der Waals surface area contributed by atoms with E-state index >= 15 is 0 Å². The highest BCUT2D eigenvalue weighted by Crippen LogP contribution is 2.27. The summed E-state index contributed by atoms with van der Waals surface area (Å²) in [5.74, 6) is -0.327. The van der Waals surface area contributed by atoms with Crippen LogP contribution >= 0.6 is 0 Å². The fourth-order valence-corrected chi connectivity index (χ4v) is 3.76. The molecule has 0 spiro atoms. The number of hydrogen-bond acceptors (Lipinski definition) is 3. The van der Waals surface area contributed by atoms with Crippen molar-refractivity contribution in [1.82, 2.24) is 4.57 Å². The highest BCUT2D eigenvalue weighted by Gasteiger charge is 2.19. The first-order chi connectivity index (χ1) is 14.9. The van der Waals surface area contributed by atoms with E-state index in [0.29, 0.717) is 31.6 Å². The van der Waals surface area contributed by atoms with Crippen LogP contribution in [0.2, 0.25) is 0 Å². The Morgan fingerprint density at radius 2 is 1.74 bits per heavy atom. The number of aromatic nitrogens is 1. The number of ether oxygens (including phenoxy) is 1. The molecule has 5 nitrogen and oxygen atoms in total. The quantitative estimate of drug-likeness (QED) is 0.479. The van der Waals surface area contributed by atoms with Crippen LogP contribution in [0.4, 0.5) is 5.69 Å². The van der Waals surface area contributed by atoms with Crippen molar-refractivity contribution in [2.45, 2.75) is 47.1 Å². The van der Waals surface area contributed by atoms with E-state index in [4.69, 9.17) is 4.74 Å². The van der Waals surface area contributed by atoms with Gasteiger partial charge in [0.1, 0.15) is 0 Å². The van der Waals surface area contributed by atoms with Crippen molar-refractivity contribution in [2.75, 3.05) is 11.9 Å². The lowest BCUT2D eigenvalue weighted by Crippen LogP contribution is -2.14. The number of anilines is 1. The Morgan fingerprint density at radius 3 is 2.42 bits per heavy atom. The predicted octanol–water partition coefficient (Wildman–Crippen LogP) is 5.68. The molecule has 0 aliphatic heterocycles. The molecule has 0 atom stereocenters. The maximum atomic E-state index is 12.5. The number of benzene rings is 2. The monoisotopic (exact) mass is 418 g/mol. The topological polar surface area (TPSA) is 60.3 Å². The van der Waals surface area contributed by atoms with Crippen LogP contribution in [0.15, 0.2) is 54.6 Å². The third-order valence-electron chi connectivity index (χ3n) is 5.37. The Morgan fingerprint density at radius 1 is 1.00 bits per heavy atom. The molecule has 0 saturated carbocycles. The lowest BCUT2D eigenvalue weighted by atomic mass is 10.1. The third-order valence-corrected chi connectivity index (χ3v) is 5.37. The van der Waals surface area contributed by atoms with E-state index in [1.54, 1.807) is 6.92 Å². The molecule has 0 bridgehead atoms. The fourth-order valence-electron chi connectivity index (χ4n) is 3.76. The number of carbonyl (C=O) groups excluding carboxylic acids is 2. The number of aryl methyl sites for hydroxylation is 2. The maximum Gasteiger partial charge on any atom is 0.339 e. The molecule has 2 aromatic carbocycles. The summed E-state index contributed by atoms with van der Waals surface area (Å²) in [5, 5.41) is 3.00. The zero-order valence-electron chi connectivity index (χ0n) is 18.7. The van der Waals surface area contributed by atoms with E-state index in [2.05, 4.69) is 16.0 Å². The minimum Gasteiger partial charge on any atom is -0.462 e. The Kier molecular flexibility index (Phi) is 7.29. The average molecular weight is 419 g/mol. The zero-order chi connectivity index (χ0) is 22.4. The molecule has 0 aliphatic rings. The number of nitrogens with one attached hydrogen (secondary N) is 1. The summed E-state index contributed by atoms with van der Waals surface area (Å²) in [6.07, 6.45) is 1.06. The molecule has 162 valence electrons. The van der Waals surface area contributed by atoms with Crippen molar-refractivity contribution in [3.8, 4) is 11.3 Å². The second kappa shape index (κ2) is 10.1. The SMILES string of the molecule is CCOC(=O)c1cc(-c2ccccc2)n(CCCC(=O)Nc2ccc(C)cc2C)c1C.